The lowest BCUT2D eigenvalue weighted by atomic mass is 9.83. The van der Waals surface area contributed by atoms with Crippen LogP contribution in [0.1, 0.15) is 18.4 Å². The van der Waals surface area contributed by atoms with Crippen LogP contribution in [0.2, 0.25) is 0 Å². The number of rotatable bonds is 5. The summed E-state index contributed by atoms with van der Waals surface area (Å²) < 4.78 is 5.31. The summed E-state index contributed by atoms with van der Waals surface area (Å²) in [6.07, 6.45) is 2.15. The van der Waals surface area contributed by atoms with Crippen molar-refractivity contribution in [3.63, 3.8) is 0 Å². The van der Waals surface area contributed by atoms with Crippen molar-refractivity contribution in [1.29, 1.82) is 0 Å². The molecule has 1 aromatic rings. The van der Waals surface area contributed by atoms with Crippen LogP contribution in [0.15, 0.2) is 43.0 Å². The summed E-state index contributed by atoms with van der Waals surface area (Å²) in [7, 11) is 0. The highest BCUT2D eigenvalue weighted by atomic mass is 16.6. The molecule has 2 rings (SSSR count). The molecule has 0 saturated carbocycles. The molecular formula is C17H21NO4. The fourth-order valence-corrected chi connectivity index (χ4v) is 2.75. The van der Waals surface area contributed by atoms with E-state index in [1.165, 1.54) is 0 Å². The number of carbonyl (C=O) groups is 2. The van der Waals surface area contributed by atoms with Crippen LogP contribution in [0.25, 0.3) is 0 Å². The first-order valence-corrected chi connectivity index (χ1v) is 7.40. The lowest BCUT2D eigenvalue weighted by Gasteiger charge is -2.36. The number of hydrogen-bond donors (Lipinski definition) is 1. The van der Waals surface area contributed by atoms with E-state index in [2.05, 4.69) is 6.58 Å². The fraction of sp³-hybridized carbons (Fsp3) is 0.412. The molecule has 0 spiro atoms. The molecule has 1 fully saturated rings. The summed E-state index contributed by atoms with van der Waals surface area (Å²) in [4.78, 5) is 24.6. The summed E-state index contributed by atoms with van der Waals surface area (Å²) in [5, 5.41) is 8.92. The molecule has 1 aliphatic rings. The molecule has 22 heavy (non-hydrogen) atoms. The van der Waals surface area contributed by atoms with Crippen molar-refractivity contribution < 1.29 is 19.4 Å². The van der Waals surface area contributed by atoms with Crippen LogP contribution in [0, 0.1) is 11.8 Å². The molecule has 0 unspecified atom stereocenters. The van der Waals surface area contributed by atoms with E-state index < -0.39 is 5.97 Å². The highest BCUT2D eigenvalue weighted by molar-refractivity contribution is 5.68. The van der Waals surface area contributed by atoms with Gasteiger partial charge in [0.1, 0.15) is 6.61 Å². The lowest BCUT2D eigenvalue weighted by Crippen LogP contribution is -2.43. The Balaban J connectivity index is 1.86. The SMILES string of the molecule is C=C[C@H]1CN(C(=O)OCc2ccccc2)CC[C@H]1CC(=O)O. The summed E-state index contributed by atoms with van der Waals surface area (Å²) in [6, 6.07) is 9.51. The number of piperidine rings is 1. The minimum atomic E-state index is -0.808. The van der Waals surface area contributed by atoms with E-state index in [4.69, 9.17) is 9.84 Å². The second-order valence-corrected chi connectivity index (χ2v) is 5.53. The highest BCUT2D eigenvalue weighted by Gasteiger charge is 2.31. The van der Waals surface area contributed by atoms with Gasteiger partial charge in [-0.3, -0.25) is 4.79 Å². The Morgan fingerprint density at radius 2 is 2.09 bits per heavy atom. The molecule has 118 valence electrons. The molecule has 1 amide bonds. The van der Waals surface area contributed by atoms with Crippen molar-refractivity contribution in [1.82, 2.24) is 4.90 Å². The van der Waals surface area contributed by atoms with E-state index in [-0.39, 0.29) is 31.0 Å². The van der Waals surface area contributed by atoms with Gasteiger partial charge in [-0.05, 0) is 23.8 Å². The van der Waals surface area contributed by atoms with Crippen molar-refractivity contribution in [2.45, 2.75) is 19.4 Å². The number of carboxylic acids is 1. The van der Waals surface area contributed by atoms with Crippen LogP contribution in [0.3, 0.4) is 0 Å². The van der Waals surface area contributed by atoms with Gasteiger partial charge in [-0.2, -0.15) is 0 Å². The Hall–Kier alpha value is -2.30. The van der Waals surface area contributed by atoms with E-state index in [9.17, 15) is 9.59 Å². The van der Waals surface area contributed by atoms with Crippen LogP contribution >= 0.6 is 0 Å². The van der Waals surface area contributed by atoms with Crippen LogP contribution in [0.5, 0.6) is 0 Å². The molecule has 5 heteroatoms. The molecule has 1 heterocycles. The smallest absolute Gasteiger partial charge is 0.410 e. The minimum absolute atomic E-state index is 0.00544. The van der Waals surface area contributed by atoms with Gasteiger partial charge in [-0.15, -0.1) is 6.58 Å². The average Bonchev–Trinajstić information content (AvgIpc) is 2.53. The molecule has 1 saturated heterocycles. The van der Waals surface area contributed by atoms with E-state index >= 15 is 0 Å². The van der Waals surface area contributed by atoms with E-state index in [0.29, 0.717) is 19.5 Å². The standard InChI is InChI=1S/C17H21NO4/c1-2-14-11-18(9-8-15(14)10-16(19)20)17(21)22-12-13-6-4-3-5-7-13/h2-7,14-15H,1,8-12H2,(H,19,20)/t14-,15-/m0/s1. The first-order valence-electron chi connectivity index (χ1n) is 7.40. The van der Waals surface area contributed by atoms with E-state index in [0.717, 1.165) is 5.56 Å². The largest absolute Gasteiger partial charge is 0.481 e. The zero-order chi connectivity index (χ0) is 15.9. The van der Waals surface area contributed by atoms with Crippen molar-refractivity contribution >= 4 is 12.1 Å². The molecule has 2 atom stereocenters. The topological polar surface area (TPSA) is 66.8 Å². The van der Waals surface area contributed by atoms with Gasteiger partial charge in [0.15, 0.2) is 0 Å². The van der Waals surface area contributed by atoms with Crippen molar-refractivity contribution in [3.8, 4) is 0 Å². The first-order chi connectivity index (χ1) is 10.6. The Morgan fingerprint density at radius 3 is 2.73 bits per heavy atom. The van der Waals surface area contributed by atoms with Crippen molar-refractivity contribution in [2.24, 2.45) is 11.8 Å². The van der Waals surface area contributed by atoms with Crippen LogP contribution in [-0.4, -0.2) is 35.2 Å². The Kier molecular flexibility index (Phi) is 5.58. The van der Waals surface area contributed by atoms with Gasteiger partial charge in [0, 0.05) is 19.5 Å². The molecule has 0 radical (unpaired) electrons. The van der Waals surface area contributed by atoms with Crippen molar-refractivity contribution in [2.75, 3.05) is 13.1 Å². The van der Waals surface area contributed by atoms with E-state index in [1.807, 2.05) is 30.3 Å². The number of carbonyl (C=O) groups excluding carboxylic acids is 1. The number of carboxylic acid groups (broad SMARTS) is 1. The monoisotopic (exact) mass is 303 g/mol. The van der Waals surface area contributed by atoms with Gasteiger partial charge in [0.25, 0.3) is 0 Å². The van der Waals surface area contributed by atoms with Crippen LogP contribution < -0.4 is 0 Å². The molecule has 5 nitrogen and oxygen atoms in total. The van der Waals surface area contributed by atoms with Crippen LogP contribution in [-0.2, 0) is 16.1 Å². The van der Waals surface area contributed by atoms with Gasteiger partial charge < -0.3 is 14.7 Å². The third-order valence-electron chi connectivity index (χ3n) is 4.01. The number of hydrogen-bond acceptors (Lipinski definition) is 3. The number of benzene rings is 1. The second-order valence-electron chi connectivity index (χ2n) is 5.53. The summed E-state index contributed by atoms with van der Waals surface area (Å²) >= 11 is 0. The van der Waals surface area contributed by atoms with Gasteiger partial charge in [-0.25, -0.2) is 4.79 Å². The Labute approximate surface area is 130 Å². The normalized spacial score (nSPS) is 21.2. The van der Waals surface area contributed by atoms with Gasteiger partial charge in [0.05, 0.1) is 0 Å². The molecular weight excluding hydrogens is 282 g/mol. The highest BCUT2D eigenvalue weighted by Crippen LogP contribution is 2.27. The second kappa shape index (κ2) is 7.64. The Bertz CT molecular complexity index is 529. The number of nitrogens with zero attached hydrogens (tertiary/aromatic N) is 1. The van der Waals surface area contributed by atoms with E-state index in [1.54, 1.807) is 11.0 Å². The minimum Gasteiger partial charge on any atom is -0.481 e. The molecule has 1 aliphatic heterocycles. The lowest BCUT2D eigenvalue weighted by molar-refractivity contribution is -0.138. The summed E-state index contributed by atoms with van der Waals surface area (Å²) in [5.74, 6) is -0.778. The third kappa shape index (κ3) is 4.35. The fourth-order valence-electron chi connectivity index (χ4n) is 2.75. The predicted octanol–water partition coefficient (Wildman–Crippen LogP) is 2.92. The number of likely N-dealkylation sites (tertiary alicyclic amines) is 1. The maximum atomic E-state index is 12.1. The maximum Gasteiger partial charge on any atom is 0.410 e. The predicted molar refractivity (Wildman–Crippen MR) is 82.2 cm³/mol. The number of aliphatic carboxylic acids is 1. The molecule has 0 aliphatic carbocycles. The van der Waals surface area contributed by atoms with Gasteiger partial charge >= 0.3 is 12.1 Å². The molecule has 1 N–H and O–H groups in total. The number of ether oxygens (including phenoxy) is 1. The first kappa shape index (κ1) is 16.1. The third-order valence-corrected chi connectivity index (χ3v) is 4.01. The molecule has 1 aromatic carbocycles. The summed E-state index contributed by atoms with van der Waals surface area (Å²) in [6.45, 7) is 4.99. The average molecular weight is 303 g/mol. The zero-order valence-corrected chi connectivity index (χ0v) is 12.5. The molecule has 0 bridgehead atoms. The van der Waals surface area contributed by atoms with Gasteiger partial charge in [-0.1, -0.05) is 36.4 Å². The summed E-state index contributed by atoms with van der Waals surface area (Å²) in [5.41, 5.74) is 0.942. The molecule has 0 aromatic heterocycles. The Morgan fingerprint density at radius 1 is 1.36 bits per heavy atom. The maximum absolute atomic E-state index is 12.1. The quantitative estimate of drug-likeness (QED) is 0.849. The van der Waals surface area contributed by atoms with Crippen molar-refractivity contribution in [3.05, 3.63) is 48.6 Å². The number of amides is 1. The van der Waals surface area contributed by atoms with Gasteiger partial charge in [0.2, 0.25) is 0 Å². The zero-order valence-electron chi connectivity index (χ0n) is 12.5. The van der Waals surface area contributed by atoms with Crippen LogP contribution in [0.4, 0.5) is 4.79 Å².